The van der Waals surface area contributed by atoms with Crippen molar-refractivity contribution >= 4 is 11.6 Å². The summed E-state index contributed by atoms with van der Waals surface area (Å²) >= 11 is 5.88. The third-order valence-electron chi connectivity index (χ3n) is 2.16. The lowest BCUT2D eigenvalue weighted by Crippen LogP contribution is -2.25. The molecule has 0 atom stereocenters. The molecule has 0 aliphatic heterocycles. The lowest BCUT2D eigenvalue weighted by atomic mass is 10.2. The Bertz CT molecular complexity index is 278. The fourth-order valence-corrected chi connectivity index (χ4v) is 1.60. The quantitative estimate of drug-likeness (QED) is 0.811. The number of aliphatic hydroxyl groups excluding tert-OH is 1. The van der Waals surface area contributed by atoms with Crippen LogP contribution in [0.1, 0.15) is 12.5 Å². The summed E-state index contributed by atoms with van der Waals surface area (Å²) in [6, 6.07) is 7.82. The predicted octanol–water partition coefficient (Wildman–Crippen LogP) is 2.15. The second kappa shape index (κ2) is 6.02. The summed E-state index contributed by atoms with van der Waals surface area (Å²) in [6.07, 6.45) is 0. The van der Waals surface area contributed by atoms with Gasteiger partial charge in [0.05, 0.1) is 6.61 Å². The van der Waals surface area contributed by atoms with Crippen LogP contribution in [0, 0.1) is 0 Å². The van der Waals surface area contributed by atoms with Gasteiger partial charge >= 0.3 is 0 Å². The molecule has 1 rings (SSSR count). The average molecular weight is 214 g/mol. The molecule has 0 amide bonds. The molecule has 1 N–H and O–H groups in total. The molecule has 0 aliphatic carbocycles. The van der Waals surface area contributed by atoms with Crippen LogP contribution >= 0.6 is 11.6 Å². The summed E-state index contributed by atoms with van der Waals surface area (Å²) in [7, 11) is 0. The Hall–Kier alpha value is -0.570. The molecule has 0 aliphatic rings. The van der Waals surface area contributed by atoms with Gasteiger partial charge in [-0.2, -0.15) is 0 Å². The number of hydrogen-bond donors (Lipinski definition) is 1. The van der Waals surface area contributed by atoms with Gasteiger partial charge < -0.3 is 5.11 Å². The predicted molar refractivity (Wildman–Crippen MR) is 59.5 cm³/mol. The summed E-state index contributed by atoms with van der Waals surface area (Å²) in [5.41, 5.74) is 1.19. The third-order valence-corrected chi connectivity index (χ3v) is 2.39. The van der Waals surface area contributed by atoms with Crippen molar-refractivity contribution in [1.82, 2.24) is 4.90 Å². The molecule has 0 saturated heterocycles. The Labute approximate surface area is 90.1 Å². The maximum Gasteiger partial charge on any atom is 0.0558 e. The first-order valence-electron chi connectivity index (χ1n) is 4.84. The van der Waals surface area contributed by atoms with E-state index in [0.29, 0.717) is 6.54 Å². The van der Waals surface area contributed by atoms with Gasteiger partial charge in [0.2, 0.25) is 0 Å². The van der Waals surface area contributed by atoms with E-state index in [4.69, 9.17) is 16.7 Å². The first-order chi connectivity index (χ1) is 6.76. The molecule has 0 unspecified atom stereocenters. The third kappa shape index (κ3) is 3.66. The van der Waals surface area contributed by atoms with Crippen molar-refractivity contribution in [2.75, 3.05) is 19.7 Å². The summed E-state index contributed by atoms with van der Waals surface area (Å²) in [5.74, 6) is 0. The topological polar surface area (TPSA) is 23.5 Å². The summed E-state index contributed by atoms with van der Waals surface area (Å²) in [5, 5.41) is 9.60. The second-order valence-electron chi connectivity index (χ2n) is 3.22. The normalized spacial score (nSPS) is 10.9. The lowest BCUT2D eigenvalue weighted by Gasteiger charge is -2.18. The zero-order valence-electron chi connectivity index (χ0n) is 8.41. The fourth-order valence-electron chi connectivity index (χ4n) is 1.38. The Morgan fingerprint density at radius 2 is 2.21 bits per heavy atom. The van der Waals surface area contributed by atoms with Crippen molar-refractivity contribution in [2.24, 2.45) is 0 Å². The smallest absolute Gasteiger partial charge is 0.0558 e. The monoisotopic (exact) mass is 213 g/mol. The molecular formula is C11H16ClNO. The Morgan fingerprint density at radius 3 is 2.79 bits per heavy atom. The number of benzene rings is 1. The van der Waals surface area contributed by atoms with Crippen molar-refractivity contribution < 1.29 is 5.11 Å². The van der Waals surface area contributed by atoms with Crippen LogP contribution in [-0.4, -0.2) is 29.7 Å². The zero-order valence-corrected chi connectivity index (χ0v) is 9.17. The lowest BCUT2D eigenvalue weighted by molar-refractivity contribution is 0.197. The van der Waals surface area contributed by atoms with Gasteiger partial charge in [0.15, 0.2) is 0 Å². The number of aliphatic hydroxyl groups is 1. The number of likely N-dealkylation sites (N-methyl/N-ethyl adjacent to an activating group) is 1. The molecule has 14 heavy (non-hydrogen) atoms. The highest BCUT2D eigenvalue weighted by Crippen LogP contribution is 2.12. The summed E-state index contributed by atoms with van der Waals surface area (Å²) in [4.78, 5) is 2.17. The molecular weight excluding hydrogens is 198 g/mol. The highest BCUT2D eigenvalue weighted by molar-refractivity contribution is 6.30. The van der Waals surface area contributed by atoms with E-state index in [2.05, 4.69) is 11.8 Å². The first kappa shape index (κ1) is 11.5. The van der Waals surface area contributed by atoms with Crippen LogP contribution < -0.4 is 0 Å². The van der Waals surface area contributed by atoms with Crippen molar-refractivity contribution in [2.45, 2.75) is 13.5 Å². The van der Waals surface area contributed by atoms with Crippen molar-refractivity contribution in [3.8, 4) is 0 Å². The van der Waals surface area contributed by atoms with Crippen molar-refractivity contribution in [3.63, 3.8) is 0 Å². The summed E-state index contributed by atoms with van der Waals surface area (Å²) < 4.78 is 0. The van der Waals surface area contributed by atoms with E-state index in [-0.39, 0.29) is 6.61 Å². The molecule has 1 aromatic rings. The SMILES string of the molecule is CCN(CCO)Cc1cccc(Cl)c1. The Kier molecular flexibility index (Phi) is 4.94. The van der Waals surface area contributed by atoms with E-state index in [9.17, 15) is 0 Å². The largest absolute Gasteiger partial charge is 0.395 e. The number of rotatable bonds is 5. The first-order valence-corrected chi connectivity index (χ1v) is 5.21. The highest BCUT2D eigenvalue weighted by atomic mass is 35.5. The molecule has 2 nitrogen and oxygen atoms in total. The molecule has 78 valence electrons. The molecule has 0 heterocycles. The number of halogens is 1. The molecule has 0 bridgehead atoms. The minimum atomic E-state index is 0.203. The Morgan fingerprint density at radius 1 is 1.43 bits per heavy atom. The minimum absolute atomic E-state index is 0.203. The molecule has 3 heteroatoms. The van der Waals surface area contributed by atoms with Crippen molar-refractivity contribution in [1.29, 1.82) is 0 Å². The fraction of sp³-hybridized carbons (Fsp3) is 0.455. The zero-order chi connectivity index (χ0) is 10.4. The van der Waals surface area contributed by atoms with Crippen LogP contribution in [0.2, 0.25) is 5.02 Å². The van der Waals surface area contributed by atoms with E-state index in [1.54, 1.807) is 0 Å². The van der Waals surface area contributed by atoms with E-state index in [0.717, 1.165) is 18.1 Å². The van der Waals surface area contributed by atoms with Crippen LogP contribution in [0.25, 0.3) is 0 Å². The van der Waals surface area contributed by atoms with Gasteiger partial charge in [-0.05, 0) is 24.2 Å². The van der Waals surface area contributed by atoms with Gasteiger partial charge in [-0.25, -0.2) is 0 Å². The van der Waals surface area contributed by atoms with Gasteiger partial charge in [0, 0.05) is 18.1 Å². The van der Waals surface area contributed by atoms with Crippen LogP contribution in [0.3, 0.4) is 0 Å². The number of hydrogen-bond acceptors (Lipinski definition) is 2. The maximum absolute atomic E-state index is 8.83. The Balaban J connectivity index is 2.57. The van der Waals surface area contributed by atoms with Gasteiger partial charge in [0.25, 0.3) is 0 Å². The standard InChI is InChI=1S/C11H16ClNO/c1-2-13(6-7-14)9-10-4-3-5-11(12)8-10/h3-5,8,14H,2,6-7,9H2,1H3. The summed E-state index contributed by atoms with van der Waals surface area (Å²) in [6.45, 7) is 4.78. The van der Waals surface area contributed by atoms with E-state index < -0.39 is 0 Å². The molecule has 0 radical (unpaired) electrons. The van der Waals surface area contributed by atoms with Crippen LogP contribution in [0.5, 0.6) is 0 Å². The second-order valence-corrected chi connectivity index (χ2v) is 3.66. The van der Waals surface area contributed by atoms with Crippen molar-refractivity contribution in [3.05, 3.63) is 34.9 Å². The van der Waals surface area contributed by atoms with Gasteiger partial charge in [0.1, 0.15) is 0 Å². The minimum Gasteiger partial charge on any atom is -0.395 e. The van der Waals surface area contributed by atoms with Gasteiger partial charge in [-0.3, -0.25) is 4.90 Å². The molecule has 0 fully saturated rings. The average Bonchev–Trinajstić information content (AvgIpc) is 2.17. The highest BCUT2D eigenvalue weighted by Gasteiger charge is 2.02. The molecule has 1 aromatic carbocycles. The molecule has 0 spiro atoms. The van der Waals surface area contributed by atoms with Crippen LogP contribution in [0.15, 0.2) is 24.3 Å². The van der Waals surface area contributed by atoms with E-state index >= 15 is 0 Å². The molecule has 0 aromatic heterocycles. The van der Waals surface area contributed by atoms with Crippen LogP contribution in [-0.2, 0) is 6.54 Å². The van der Waals surface area contributed by atoms with Crippen LogP contribution in [0.4, 0.5) is 0 Å². The maximum atomic E-state index is 8.83. The van der Waals surface area contributed by atoms with E-state index in [1.807, 2.05) is 24.3 Å². The van der Waals surface area contributed by atoms with E-state index in [1.165, 1.54) is 5.56 Å². The molecule has 0 saturated carbocycles. The van der Waals surface area contributed by atoms with Gasteiger partial charge in [-0.15, -0.1) is 0 Å². The van der Waals surface area contributed by atoms with Gasteiger partial charge in [-0.1, -0.05) is 30.7 Å². The number of nitrogens with zero attached hydrogens (tertiary/aromatic N) is 1.